The smallest absolute Gasteiger partial charge is 0.311 e. The molecule has 2 heterocycles. The summed E-state index contributed by atoms with van der Waals surface area (Å²) in [5.41, 5.74) is 1.58. The number of benzene rings is 1. The molecule has 0 fully saturated rings. The summed E-state index contributed by atoms with van der Waals surface area (Å²) in [6, 6.07) is 11.4. The zero-order valence-electron chi connectivity index (χ0n) is 14.4. The minimum atomic E-state index is -0.336. The van der Waals surface area contributed by atoms with E-state index in [1.54, 1.807) is 17.8 Å². The van der Waals surface area contributed by atoms with Gasteiger partial charge in [0, 0.05) is 24.2 Å². The molecule has 0 radical (unpaired) electrons. The highest BCUT2D eigenvalue weighted by molar-refractivity contribution is 5.79. The number of pyridine rings is 1. The van der Waals surface area contributed by atoms with Gasteiger partial charge in [-0.1, -0.05) is 39.0 Å². The zero-order chi connectivity index (χ0) is 17.5. The number of hydrogen-bond acceptors (Lipinski definition) is 3. The molecular weight excluding hydrogens is 302 g/mol. The van der Waals surface area contributed by atoms with E-state index in [0.717, 1.165) is 16.6 Å². The molecule has 0 amide bonds. The number of aromatic nitrogens is 3. The maximum absolute atomic E-state index is 12.6. The number of nitrogens with zero attached hydrogens (tertiary/aromatic N) is 3. The molecule has 0 saturated heterocycles. The van der Waals surface area contributed by atoms with Gasteiger partial charge >= 0.3 is 5.69 Å². The first kappa shape index (κ1) is 16.2. The quantitative estimate of drug-likeness (QED) is 0.728. The summed E-state index contributed by atoms with van der Waals surface area (Å²) in [7, 11) is 1.75. The summed E-state index contributed by atoms with van der Waals surface area (Å²) in [6.45, 7) is 6.25. The van der Waals surface area contributed by atoms with Crippen molar-refractivity contribution in [2.75, 3.05) is 0 Å². The molecule has 0 unspecified atom stereocenters. The van der Waals surface area contributed by atoms with Crippen LogP contribution in [0.15, 0.2) is 52.2 Å². The van der Waals surface area contributed by atoms with Gasteiger partial charge in [-0.2, -0.15) is 4.98 Å². The average Bonchev–Trinajstić information content (AvgIpc) is 2.53. The first-order chi connectivity index (χ1) is 11.3. The monoisotopic (exact) mass is 323 g/mol. The van der Waals surface area contributed by atoms with E-state index in [-0.39, 0.29) is 23.2 Å². The summed E-state index contributed by atoms with van der Waals surface area (Å²) in [5, 5.41) is 0.974. The van der Waals surface area contributed by atoms with Crippen molar-refractivity contribution in [3.63, 3.8) is 0 Å². The van der Waals surface area contributed by atoms with E-state index in [9.17, 15) is 9.59 Å². The third-order valence-corrected chi connectivity index (χ3v) is 4.19. The minimum Gasteiger partial charge on any atom is -0.311 e. The summed E-state index contributed by atoms with van der Waals surface area (Å²) in [4.78, 5) is 29.0. The highest BCUT2D eigenvalue weighted by atomic mass is 16.1. The fourth-order valence-corrected chi connectivity index (χ4v) is 2.75. The molecule has 3 aromatic rings. The second-order valence-corrected chi connectivity index (χ2v) is 7.07. The molecule has 0 atom stereocenters. The Hall–Kier alpha value is -2.69. The molecule has 0 saturated carbocycles. The molecule has 5 heteroatoms. The Balaban J connectivity index is 2.06. The van der Waals surface area contributed by atoms with Crippen LogP contribution in [-0.4, -0.2) is 14.1 Å². The van der Waals surface area contributed by atoms with Crippen LogP contribution in [-0.2, 0) is 19.0 Å². The first-order valence-electron chi connectivity index (χ1n) is 7.93. The molecule has 0 bridgehead atoms. The van der Waals surface area contributed by atoms with Crippen LogP contribution in [0.1, 0.15) is 32.0 Å². The van der Waals surface area contributed by atoms with E-state index in [0.29, 0.717) is 5.56 Å². The van der Waals surface area contributed by atoms with Gasteiger partial charge in [0.15, 0.2) is 0 Å². The third-order valence-electron chi connectivity index (χ3n) is 4.19. The van der Waals surface area contributed by atoms with Crippen molar-refractivity contribution in [3.8, 4) is 0 Å². The molecule has 3 rings (SSSR count). The Morgan fingerprint density at radius 1 is 1.08 bits per heavy atom. The van der Waals surface area contributed by atoms with Crippen LogP contribution in [0.4, 0.5) is 0 Å². The normalized spacial score (nSPS) is 11.8. The zero-order valence-corrected chi connectivity index (χ0v) is 14.4. The molecule has 0 N–H and O–H groups in total. The van der Waals surface area contributed by atoms with Crippen LogP contribution in [0, 0.1) is 0 Å². The standard InChI is InChI=1S/C19H21N3O2/c1-19(2,3)16-9-10-22(18(24)20-16)12-14-11-13-7-5-6-8-15(13)21(4)17(14)23/h5-11H,12H2,1-4H3. The largest absolute Gasteiger partial charge is 0.348 e. The first-order valence-corrected chi connectivity index (χ1v) is 7.93. The van der Waals surface area contributed by atoms with Gasteiger partial charge < -0.3 is 4.57 Å². The molecule has 0 aliphatic heterocycles. The van der Waals surface area contributed by atoms with Crippen molar-refractivity contribution in [3.05, 3.63) is 74.7 Å². The third kappa shape index (κ3) is 2.89. The summed E-state index contributed by atoms with van der Waals surface area (Å²) in [5.74, 6) is 0. The van der Waals surface area contributed by atoms with E-state index in [4.69, 9.17) is 0 Å². The summed E-state index contributed by atoms with van der Waals surface area (Å²) in [6.07, 6.45) is 1.71. The van der Waals surface area contributed by atoms with Crippen LogP contribution < -0.4 is 11.2 Å². The van der Waals surface area contributed by atoms with Gasteiger partial charge in [-0.05, 0) is 23.6 Å². The van der Waals surface area contributed by atoms with E-state index < -0.39 is 0 Å². The summed E-state index contributed by atoms with van der Waals surface area (Å²) >= 11 is 0. The van der Waals surface area contributed by atoms with Gasteiger partial charge in [0.25, 0.3) is 5.56 Å². The van der Waals surface area contributed by atoms with Crippen LogP contribution >= 0.6 is 0 Å². The van der Waals surface area contributed by atoms with Crippen molar-refractivity contribution in [2.24, 2.45) is 7.05 Å². The highest BCUT2D eigenvalue weighted by Crippen LogP contribution is 2.18. The number of aryl methyl sites for hydroxylation is 1. The van der Waals surface area contributed by atoms with Crippen LogP contribution in [0.2, 0.25) is 0 Å². The lowest BCUT2D eigenvalue weighted by Gasteiger charge is -2.17. The second kappa shape index (κ2) is 5.74. The molecule has 0 aliphatic rings. The fraction of sp³-hybridized carbons (Fsp3) is 0.316. The number of para-hydroxylation sites is 1. The number of hydrogen-bond donors (Lipinski definition) is 0. The molecule has 24 heavy (non-hydrogen) atoms. The predicted molar refractivity (Wildman–Crippen MR) is 95.5 cm³/mol. The maximum Gasteiger partial charge on any atom is 0.348 e. The molecule has 1 aromatic carbocycles. The Kier molecular flexibility index (Phi) is 3.87. The molecular formula is C19H21N3O2. The Bertz CT molecular complexity index is 1020. The van der Waals surface area contributed by atoms with Crippen LogP contribution in [0.3, 0.4) is 0 Å². The van der Waals surface area contributed by atoms with E-state index in [1.165, 1.54) is 4.57 Å². The fourth-order valence-electron chi connectivity index (χ4n) is 2.75. The second-order valence-electron chi connectivity index (χ2n) is 7.07. The number of rotatable bonds is 2. The number of fused-ring (bicyclic) bond motifs is 1. The van der Waals surface area contributed by atoms with Gasteiger partial charge in [-0.25, -0.2) is 4.79 Å². The van der Waals surface area contributed by atoms with E-state index in [2.05, 4.69) is 4.98 Å². The predicted octanol–water partition coefficient (Wildman–Crippen LogP) is 2.44. The lowest BCUT2D eigenvalue weighted by Crippen LogP contribution is -2.30. The summed E-state index contributed by atoms with van der Waals surface area (Å²) < 4.78 is 3.09. The Labute approximate surface area is 140 Å². The van der Waals surface area contributed by atoms with Crippen molar-refractivity contribution in [1.29, 1.82) is 0 Å². The SMILES string of the molecule is Cn1c(=O)c(Cn2ccc(C(C)(C)C)nc2=O)cc2ccccc21. The molecule has 2 aromatic heterocycles. The molecule has 0 spiro atoms. The van der Waals surface area contributed by atoms with E-state index >= 15 is 0 Å². The van der Waals surface area contributed by atoms with Crippen molar-refractivity contribution >= 4 is 10.9 Å². The van der Waals surface area contributed by atoms with Crippen molar-refractivity contribution < 1.29 is 0 Å². The minimum absolute atomic E-state index is 0.0968. The van der Waals surface area contributed by atoms with Crippen LogP contribution in [0.25, 0.3) is 10.9 Å². The van der Waals surface area contributed by atoms with Gasteiger partial charge in [0.2, 0.25) is 0 Å². The molecule has 124 valence electrons. The van der Waals surface area contributed by atoms with Gasteiger partial charge in [0.05, 0.1) is 17.8 Å². The average molecular weight is 323 g/mol. The highest BCUT2D eigenvalue weighted by Gasteiger charge is 2.16. The van der Waals surface area contributed by atoms with Gasteiger partial charge in [0.1, 0.15) is 0 Å². The lowest BCUT2D eigenvalue weighted by molar-refractivity contribution is 0.554. The molecule has 5 nitrogen and oxygen atoms in total. The molecule has 0 aliphatic carbocycles. The maximum atomic E-state index is 12.6. The van der Waals surface area contributed by atoms with Crippen molar-refractivity contribution in [2.45, 2.75) is 32.7 Å². The lowest BCUT2D eigenvalue weighted by atomic mass is 9.92. The van der Waals surface area contributed by atoms with Crippen molar-refractivity contribution in [1.82, 2.24) is 14.1 Å². The Morgan fingerprint density at radius 2 is 1.79 bits per heavy atom. The topological polar surface area (TPSA) is 56.9 Å². The van der Waals surface area contributed by atoms with Crippen LogP contribution in [0.5, 0.6) is 0 Å². The van der Waals surface area contributed by atoms with E-state index in [1.807, 2.05) is 57.2 Å². The van der Waals surface area contributed by atoms with Gasteiger partial charge in [-0.3, -0.25) is 9.36 Å². The Morgan fingerprint density at radius 3 is 2.46 bits per heavy atom. The van der Waals surface area contributed by atoms with Gasteiger partial charge in [-0.15, -0.1) is 0 Å².